The van der Waals surface area contributed by atoms with Crippen molar-refractivity contribution < 1.29 is 14.7 Å². The molecule has 0 spiro atoms. The number of nitrogens with zero attached hydrogens (tertiary/aromatic N) is 4. The lowest BCUT2D eigenvalue weighted by atomic mass is 10.1. The summed E-state index contributed by atoms with van der Waals surface area (Å²) in [5.74, 6) is 0.642. The Hall–Kier alpha value is -3.47. The number of aliphatic hydroxyl groups is 1. The molecule has 5 rings (SSSR count). The zero-order valence-electron chi connectivity index (χ0n) is 19.0. The number of halogens is 1. The maximum Gasteiger partial charge on any atom is 0.254 e. The zero-order valence-corrected chi connectivity index (χ0v) is 19.8. The minimum absolute atomic E-state index is 0.0359. The maximum absolute atomic E-state index is 12.1. The molecule has 0 saturated carbocycles. The molecule has 2 amide bonds. The van der Waals surface area contributed by atoms with Gasteiger partial charge in [-0.15, -0.1) is 0 Å². The van der Waals surface area contributed by atoms with Gasteiger partial charge >= 0.3 is 0 Å². The molecule has 2 fully saturated rings. The van der Waals surface area contributed by atoms with Crippen LogP contribution in [0.5, 0.6) is 0 Å². The lowest BCUT2D eigenvalue weighted by molar-refractivity contribution is -0.124. The van der Waals surface area contributed by atoms with Crippen molar-refractivity contribution in [2.24, 2.45) is 0 Å². The zero-order chi connectivity index (χ0) is 24.4. The van der Waals surface area contributed by atoms with Gasteiger partial charge in [0.1, 0.15) is 11.6 Å². The first-order valence-electron chi connectivity index (χ1n) is 11.5. The molecule has 0 bridgehead atoms. The van der Waals surface area contributed by atoms with Gasteiger partial charge in [-0.3, -0.25) is 14.9 Å². The summed E-state index contributed by atoms with van der Waals surface area (Å²) < 4.78 is 1.71. The number of fused-ring (bicyclic) bond motifs is 1. The molecule has 4 heterocycles. The third-order valence-electron chi connectivity index (χ3n) is 6.18. The van der Waals surface area contributed by atoms with Gasteiger partial charge in [-0.2, -0.15) is 9.61 Å². The number of nitrogens with one attached hydrogen (secondary N) is 3. The summed E-state index contributed by atoms with van der Waals surface area (Å²) in [6.45, 7) is 2.66. The summed E-state index contributed by atoms with van der Waals surface area (Å²) in [5.41, 5.74) is 2.36. The SMILES string of the molecule is O=C1C/C(=C\c2cnn3c(NC4CCN(CCO)CC4)cc(Nc4cccc(Cl)c4)nc23)C(=O)N1. The summed E-state index contributed by atoms with van der Waals surface area (Å²) in [6, 6.07) is 9.49. The van der Waals surface area contributed by atoms with Crippen molar-refractivity contribution in [2.75, 3.05) is 36.9 Å². The number of piperidine rings is 1. The molecule has 2 aromatic heterocycles. The Morgan fingerprint density at radius 3 is 2.77 bits per heavy atom. The highest BCUT2D eigenvalue weighted by atomic mass is 35.5. The topological polar surface area (TPSA) is 124 Å². The first kappa shape index (κ1) is 23.3. The second-order valence-corrected chi connectivity index (χ2v) is 9.14. The number of hydrogen-bond donors (Lipinski definition) is 4. The molecule has 0 unspecified atom stereocenters. The fraction of sp³-hybridized carbons (Fsp3) is 0.333. The van der Waals surface area contributed by atoms with Gasteiger partial charge in [0.05, 0.1) is 19.2 Å². The van der Waals surface area contributed by atoms with Crippen molar-refractivity contribution in [3.05, 3.63) is 52.7 Å². The molecule has 0 aliphatic carbocycles. The van der Waals surface area contributed by atoms with Crippen LogP contribution < -0.4 is 16.0 Å². The Morgan fingerprint density at radius 2 is 2.06 bits per heavy atom. The molecule has 35 heavy (non-hydrogen) atoms. The summed E-state index contributed by atoms with van der Waals surface area (Å²) in [5, 5.41) is 23.5. The molecule has 182 valence electrons. The van der Waals surface area contributed by atoms with Crippen molar-refractivity contribution in [2.45, 2.75) is 25.3 Å². The van der Waals surface area contributed by atoms with Gasteiger partial charge in [-0.25, -0.2) is 4.98 Å². The number of rotatable bonds is 7. The van der Waals surface area contributed by atoms with Crippen LogP contribution in [0, 0.1) is 0 Å². The van der Waals surface area contributed by atoms with E-state index in [0.29, 0.717) is 34.2 Å². The number of amides is 2. The average molecular weight is 496 g/mol. The smallest absolute Gasteiger partial charge is 0.254 e. The molecular weight excluding hydrogens is 470 g/mol. The van der Waals surface area contributed by atoms with E-state index >= 15 is 0 Å². The van der Waals surface area contributed by atoms with Crippen LogP contribution in [-0.2, 0) is 9.59 Å². The van der Waals surface area contributed by atoms with Gasteiger partial charge < -0.3 is 20.6 Å². The van der Waals surface area contributed by atoms with Gasteiger partial charge in [0, 0.05) is 53.6 Å². The van der Waals surface area contributed by atoms with Crippen LogP contribution in [0.4, 0.5) is 17.3 Å². The number of hydrogen-bond acceptors (Lipinski definition) is 8. The maximum atomic E-state index is 12.1. The Morgan fingerprint density at radius 1 is 1.23 bits per heavy atom. The Labute approximate surface area is 207 Å². The van der Waals surface area contributed by atoms with Crippen molar-refractivity contribution in [1.29, 1.82) is 0 Å². The number of likely N-dealkylation sites (tertiary alicyclic amines) is 1. The molecular formula is C24H26ClN7O3. The van der Waals surface area contributed by atoms with E-state index in [0.717, 1.165) is 37.4 Å². The summed E-state index contributed by atoms with van der Waals surface area (Å²) in [4.78, 5) is 30.7. The standard InChI is InChI=1S/C24H26ClN7O3/c25-17-2-1-3-19(12-17)27-20-13-21(28-18-4-6-31(7-5-18)8-9-33)32-23(29-20)16(14-26-32)10-15-11-22(34)30-24(15)35/h1-3,10,12-14,18,28,33H,4-9,11H2,(H,27,29)(H,30,34,35)/b15-10+. The molecule has 2 aliphatic heterocycles. The average Bonchev–Trinajstić information content (AvgIpc) is 3.37. The number of anilines is 3. The number of aliphatic hydroxyl groups excluding tert-OH is 1. The van der Waals surface area contributed by atoms with E-state index in [-0.39, 0.29) is 25.0 Å². The second kappa shape index (κ2) is 10.0. The molecule has 2 saturated heterocycles. The normalized spacial score (nSPS) is 18.4. The number of β-amino-alcohol motifs (C(OH)–C–C–N with tert-alkyl or cyclic N) is 1. The van der Waals surface area contributed by atoms with Crippen LogP contribution in [0.1, 0.15) is 24.8 Å². The molecule has 0 atom stereocenters. The largest absolute Gasteiger partial charge is 0.395 e. The minimum atomic E-state index is -0.393. The number of aromatic nitrogens is 3. The number of carbonyl (C=O) groups excluding carboxylic acids is 2. The van der Waals surface area contributed by atoms with Gasteiger partial charge in [0.25, 0.3) is 5.91 Å². The predicted molar refractivity (Wildman–Crippen MR) is 134 cm³/mol. The predicted octanol–water partition coefficient (Wildman–Crippen LogP) is 2.42. The number of carbonyl (C=O) groups is 2. The van der Waals surface area contributed by atoms with E-state index in [4.69, 9.17) is 16.6 Å². The molecule has 2 aliphatic rings. The van der Waals surface area contributed by atoms with Crippen LogP contribution in [0.3, 0.4) is 0 Å². The van der Waals surface area contributed by atoms with Crippen molar-refractivity contribution >= 4 is 52.5 Å². The first-order valence-corrected chi connectivity index (χ1v) is 11.9. The Bertz CT molecular complexity index is 1300. The molecule has 3 aromatic rings. The van der Waals surface area contributed by atoms with Crippen LogP contribution in [0.15, 0.2) is 42.1 Å². The minimum Gasteiger partial charge on any atom is -0.395 e. The number of benzene rings is 1. The molecule has 11 heteroatoms. The lowest BCUT2D eigenvalue weighted by Gasteiger charge is -2.32. The van der Waals surface area contributed by atoms with Gasteiger partial charge in [-0.1, -0.05) is 17.7 Å². The third-order valence-corrected chi connectivity index (χ3v) is 6.41. The molecule has 1 aromatic carbocycles. The molecule has 0 radical (unpaired) electrons. The van der Waals surface area contributed by atoms with Crippen molar-refractivity contribution in [1.82, 2.24) is 24.8 Å². The van der Waals surface area contributed by atoms with E-state index < -0.39 is 5.91 Å². The van der Waals surface area contributed by atoms with Crippen LogP contribution >= 0.6 is 11.6 Å². The van der Waals surface area contributed by atoms with E-state index in [9.17, 15) is 14.7 Å². The van der Waals surface area contributed by atoms with Crippen LogP contribution in [0.2, 0.25) is 5.02 Å². The highest BCUT2D eigenvalue weighted by Crippen LogP contribution is 2.27. The summed E-state index contributed by atoms with van der Waals surface area (Å²) >= 11 is 6.15. The van der Waals surface area contributed by atoms with E-state index in [2.05, 4.69) is 25.9 Å². The molecule has 4 N–H and O–H groups in total. The quantitative estimate of drug-likeness (QED) is 0.291. The van der Waals surface area contributed by atoms with Gasteiger partial charge in [0.2, 0.25) is 5.91 Å². The third kappa shape index (κ3) is 5.29. The van der Waals surface area contributed by atoms with Gasteiger partial charge in [0.15, 0.2) is 5.65 Å². The summed E-state index contributed by atoms with van der Waals surface area (Å²) in [7, 11) is 0. The highest BCUT2D eigenvalue weighted by Gasteiger charge is 2.25. The van der Waals surface area contributed by atoms with E-state index in [1.165, 1.54) is 0 Å². The van der Waals surface area contributed by atoms with Crippen LogP contribution in [-0.4, -0.2) is 68.7 Å². The van der Waals surface area contributed by atoms with Crippen molar-refractivity contribution in [3.8, 4) is 0 Å². The monoisotopic (exact) mass is 495 g/mol. The van der Waals surface area contributed by atoms with E-state index in [1.807, 2.05) is 24.3 Å². The highest BCUT2D eigenvalue weighted by molar-refractivity contribution is 6.30. The van der Waals surface area contributed by atoms with Crippen molar-refractivity contribution in [3.63, 3.8) is 0 Å². The number of imide groups is 1. The van der Waals surface area contributed by atoms with E-state index in [1.54, 1.807) is 22.9 Å². The Balaban J connectivity index is 1.48. The fourth-order valence-corrected chi connectivity index (χ4v) is 4.61. The first-order chi connectivity index (χ1) is 17.0. The van der Waals surface area contributed by atoms with Crippen LogP contribution in [0.25, 0.3) is 11.7 Å². The fourth-order valence-electron chi connectivity index (χ4n) is 4.42. The second-order valence-electron chi connectivity index (χ2n) is 8.70. The summed E-state index contributed by atoms with van der Waals surface area (Å²) in [6.07, 6.45) is 5.20. The lowest BCUT2D eigenvalue weighted by Crippen LogP contribution is -2.40. The molecule has 10 nitrogen and oxygen atoms in total. The Kier molecular flexibility index (Phi) is 6.67. The van der Waals surface area contributed by atoms with Gasteiger partial charge in [-0.05, 0) is 37.1 Å².